The van der Waals surface area contributed by atoms with Crippen LogP contribution < -0.4 is 21.7 Å². The lowest BCUT2D eigenvalue weighted by Gasteiger charge is -2.31. The average Bonchev–Trinajstić information content (AvgIpc) is 3.49. The van der Waals surface area contributed by atoms with Gasteiger partial charge in [-0.05, 0) is 62.3 Å². The Labute approximate surface area is 209 Å². The maximum atomic E-state index is 13.1. The van der Waals surface area contributed by atoms with Crippen molar-refractivity contribution >= 4 is 39.0 Å². The van der Waals surface area contributed by atoms with E-state index < -0.39 is 0 Å². The van der Waals surface area contributed by atoms with Crippen LogP contribution in [0.5, 0.6) is 0 Å². The quantitative estimate of drug-likeness (QED) is 0.514. The Balaban J connectivity index is 1.15. The second-order valence-electron chi connectivity index (χ2n) is 10.3. The minimum absolute atomic E-state index is 0.00197. The number of anilines is 2. The van der Waals surface area contributed by atoms with Gasteiger partial charge < -0.3 is 26.4 Å². The van der Waals surface area contributed by atoms with E-state index in [0.717, 1.165) is 72.8 Å². The summed E-state index contributed by atoms with van der Waals surface area (Å²) in [4.78, 5) is 26.2. The van der Waals surface area contributed by atoms with Crippen LogP contribution in [0.1, 0.15) is 46.4 Å². The van der Waals surface area contributed by atoms with Crippen molar-refractivity contribution in [2.45, 2.75) is 57.2 Å². The molecule has 0 unspecified atom stereocenters. The van der Waals surface area contributed by atoms with Crippen molar-refractivity contribution in [3.8, 4) is 0 Å². The van der Waals surface area contributed by atoms with Gasteiger partial charge in [-0.1, -0.05) is 13.0 Å². The second-order valence-corrected chi connectivity index (χ2v) is 11.3. The number of ether oxygens (including phenoxy) is 1. The molecule has 9 heteroatoms. The lowest BCUT2D eigenvalue weighted by molar-refractivity contribution is -0.0109. The molecule has 1 amide bonds. The van der Waals surface area contributed by atoms with Crippen LogP contribution in [-0.4, -0.2) is 53.3 Å². The van der Waals surface area contributed by atoms with Crippen molar-refractivity contribution in [2.24, 2.45) is 11.7 Å². The van der Waals surface area contributed by atoms with Crippen molar-refractivity contribution in [3.05, 3.63) is 46.1 Å². The van der Waals surface area contributed by atoms with Crippen LogP contribution in [0, 0.1) is 12.8 Å². The van der Waals surface area contributed by atoms with Gasteiger partial charge in [0.2, 0.25) is 0 Å². The number of carbonyl (C=O) groups is 1. The van der Waals surface area contributed by atoms with Crippen molar-refractivity contribution in [1.82, 2.24) is 15.3 Å². The number of thiophene rings is 1. The molecule has 6 rings (SSSR count). The summed E-state index contributed by atoms with van der Waals surface area (Å²) in [6.45, 7) is 6.53. The van der Waals surface area contributed by atoms with Crippen LogP contribution >= 0.6 is 11.3 Å². The highest BCUT2D eigenvalue weighted by molar-refractivity contribution is 7.21. The third-order valence-corrected chi connectivity index (χ3v) is 9.20. The molecule has 1 spiro atoms. The first-order valence-corrected chi connectivity index (χ1v) is 13.3. The van der Waals surface area contributed by atoms with Crippen LogP contribution in [-0.2, 0) is 17.6 Å². The van der Waals surface area contributed by atoms with Gasteiger partial charge in [0.25, 0.3) is 5.91 Å². The average molecular weight is 493 g/mol. The van der Waals surface area contributed by atoms with E-state index in [4.69, 9.17) is 21.2 Å². The Bertz CT molecular complexity index is 1310. The summed E-state index contributed by atoms with van der Waals surface area (Å²) < 4.78 is 6.16. The highest BCUT2D eigenvalue weighted by Crippen LogP contribution is 2.40. The number of fused-ring (bicyclic) bond motifs is 2. The molecule has 3 aromatic rings. The summed E-state index contributed by atoms with van der Waals surface area (Å²) in [5.41, 5.74) is 16.3. The number of nitrogen functional groups attached to an aromatic ring is 1. The molecule has 5 heterocycles. The van der Waals surface area contributed by atoms with Crippen molar-refractivity contribution in [2.75, 3.05) is 30.3 Å². The highest BCUT2D eigenvalue weighted by atomic mass is 32.1. The van der Waals surface area contributed by atoms with Gasteiger partial charge in [0.05, 0.1) is 18.3 Å². The molecule has 1 aliphatic carbocycles. The van der Waals surface area contributed by atoms with E-state index >= 15 is 0 Å². The monoisotopic (exact) mass is 492 g/mol. The maximum absolute atomic E-state index is 13.1. The molecule has 35 heavy (non-hydrogen) atoms. The number of nitrogens with one attached hydrogen (secondary N) is 1. The number of carbonyl (C=O) groups excluding carboxylic acids is 1. The molecular formula is C26H32N6O2S. The summed E-state index contributed by atoms with van der Waals surface area (Å²) in [5, 5.41) is 4.04. The molecule has 0 saturated carbocycles. The van der Waals surface area contributed by atoms with Gasteiger partial charge in [-0.15, -0.1) is 11.3 Å². The van der Waals surface area contributed by atoms with Gasteiger partial charge in [-0.25, -0.2) is 9.97 Å². The van der Waals surface area contributed by atoms with E-state index in [2.05, 4.69) is 34.3 Å². The Morgan fingerprint density at radius 1 is 1.26 bits per heavy atom. The van der Waals surface area contributed by atoms with Crippen molar-refractivity contribution < 1.29 is 9.53 Å². The fourth-order valence-electron chi connectivity index (χ4n) is 5.94. The van der Waals surface area contributed by atoms with Crippen LogP contribution in [0.4, 0.5) is 11.5 Å². The Hall–Kier alpha value is -2.75. The molecule has 4 atom stereocenters. The van der Waals surface area contributed by atoms with E-state index in [1.165, 1.54) is 16.9 Å². The molecule has 2 saturated heterocycles. The zero-order valence-corrected chi connectivity index (χ0v) is 21.0. The van der Waals surface area contributed by atoms with Gasteiger partial charge in [-0.3, -0.25) is 4.79 Å². The normalized spacial score (nSPS) is 28.1. The zero-order valence-electron chi connectivity index (χ0n) is 20.2. The van der Waals surface area contributed by atoms with E-state index in [0.29, 0.717) is 16.5 Å². The minimum Gasteiger partial charge on any atom is -0.397 e. The number of nitrogens with zero attached hydrogens (tertiary/aromatic N) is 3. The van der Waals surface area contributed by atoms with E-state index in [-0.39, 0.29) is 23.6 Å². The minimum atomic E-state index is -0.254. The second kappa shape index (κ2) is 8.43. The number of aryl methyl sites for hydroxylation is 2. The molecule has 5 N–H and O–H groups in total. The highest BCUT2D eigenvalue weighted by Gasteiger charge is 2.52. The van der Waals surface area contributed by atoms with Gasteiger partial charge in [0, 0.05) is 36.0 Å². The standard InChI is InChI=1S/C26H32N6O2S/c1-14-9-10-34-26(14)13-32(12-20(26)27)21-8-4-16-11-17(5-7-19(16)31-21)30-24(33)23-22(28)18-6-3-15(2)29-25(18)35-23/h3-4,6,8,14,17,20H,5,7,9-13,27-28H2,1-2H3,(H,30,33)/t14-,17+,20+,26+/m1/s1. The number of amides is 1. The van der Waals surface area contributed by atoms with Crippen molar-refractivity contribution in [3.63, 3.8) is 0 Å². The Morgan fingerprint density at radius 3 is 2.91 bits per heavy atom. The predicted molar refractivity (Wildman–Crippen MR) is 139 cm³/mol. The summed E-state index contributed by atoms with van der Waals surface area (Å²) in [7, 11) is 0. The van der Waals surface area contributed by atoms with E-state index in [9.17, 15) is 4.79 Å². The first kappa shape index (κ1) is 22.7. The maximum Gasteiger partial charge on any atom is 0.263 e. The molecule has 3 aliphatic rings. The van der Waals surface area contributed by atoms with Crippen LogP contribution in [0.25, 0.3) is 10.2 Å². The number of rotatable bonds is 3. The number of hydrogen-bond donors (Lipinski definition) is 3. The predicted octanol–water partition coefficient (Wildman–Crippen LogP) is 2.81. The molecule has 2 fully saturated rings. The van der Waals surface area contributed by atoms with Gasteiger partial charge in [0.15, 0.2) is 0 Å². The SMILES string of the molecule is Cc1ccc2c(N)c(C(=O)N[C@H]3CCc4nc(N5C[C@H](N)[C@@]6(C5)OCC[C@H]6C)ccc4C3)sc2n1. The fraction of sp³-hybridized carbons (Fsp3) is 0.500. The molecule has 8 nitrogen and oxygen atoms in total. The molecule has 184 valence electrons. The topological polar surface area (TPSA) is 119 Å². The Kier molecular flexibility index (Phi) is 5.47. The van der Waals surface area contributed by atoms with Crippen molar-refractivity contribution in [1.29, 1.82) is 0 Å². The first-order valence-electron chi connectivity index (χ1n) is 12.4. The number of nitrogens with two attached hydrogens (primary N) is 2. The number of aromatic nitrogens is 2. The molecule has 2 aliphatic heterocycles. The summed E-state index contributed by atoms with van der Waals surface area (Å²) in [5.74, 6) is 1.31. The van der Waals surface area contributed by atoms with Crippen LogP contribution in [0.15, 0.2) is 24.3 Å². The number of pyridine rings is 2. The molecule has 0 bridgehead atoms. The van der Waals surface area contributed by atoms with Gasteiger partial charge >= 0.3 is 0 Å². The zero-order chi connectivity index (χ0) is 24.3. The fourth-order valence-corrected chi connectivity index (χ4v) is 6.98. The summed E-state index contributed by atoms with van der Waals surface area (Å²) in [6, 6.07) is 8.16. The first-order chi connectivity index (χ1) is 16.8. The summed E-state index contributed by atoms with van der Waals surface area (Å²) >= 11 is 1.36. The molecular weight excluding hydrogens is 460 g/mol. The smallest absolute Gasteiger partial charge is 0.263 e. The molecule has 0 radical (unpaired) electrons. The van der Waals surface area contributed by atoms with E-state index in [1.54, 1.807) is 0 Å². The Morgan fingerprint density at radius 2 is 2.11 bits per heavy atom. The lowest BCUT2D eigenvalue weighted by atomic mass is 9.85. The third-order valence-electron chi connectivity index (χ3n) is 8.09. The van der Waals surface area contributed by atoms with Gasteiger partial charge in [0.1, 0.15) is 21.1 Å². The molecule has 3 aromatic heterocycles. The van der Waals surface area contributed by atoms with E-state index in [1.807, 2.05) is 19.1 Å². The largest absolute Gasteiger partial charge is 0.397 e. The molecule has 0 aromatic carbocycles. The lowest BCUT2D eigenvalue weighted by Crippen LogP contribution is -2.50. The van der Waals surface area contributed by atoms with Gasteiger partial charge in [-0.2, -0.15) is 0 Å². The van der Waals surface area contributed by atoms with Crippen LogP contribution in [0.3, 0.4) is 0 Å². The number of hydrogen-bond acceptors (Lipinski definition) is 8. The third kappa shape index (κ3) is 3.77. The summed E-state index contributed by atoms with van der Waals surface area (Å²) in [6.07, 6.45) is 3.51. The van der Waals surface area contributed by atoms with Crippen LogP contribution in [0.2, 0.25) is 0 Å².